The van der Waals surface area contributed by atoms with Gasteiger partial charge in [0, 0.05) is 17.0 Å². The summed E-state index contributed by atoms with van der Waals surface area (Å²) in [5.74, 6) is 0.255. The molecule has 0 spiro atoms. The van der Waals surface area contributed by atoms with Crippen LogP contribution < -0.4 is 11.1 Å². The predicted molar refractivity (Wildman–Crippen MR) is 91.8 cm³/mol. The number of nitrogens with zero attached hydrogens (tertiary/aromatic N) is 2. The van der Waals surface area contributed by atoms with E-state index in [-0.39, 0.29) is 17.1 Å². The van der Waals surface area contributed by atoms with Gasteiger partial charge in [0.25, 0.3) is 0 Å². The Bertz CT molecular complexity index is 962. The fraction of sp³-hybridized carbons (Fsp3) is 0.0625. The van der Waals surface area contributed by atoms with Crippen molar-refractivity contribution in [1.82, 2.24) is 4.98 Å². The monoisotopic (exact) mass is 343 g/mol. The zero-order valence-corrected chi connectivity index (χ0v) is 13.4. The lowest BCUT2D eigenvalue weighted by Gasteiger charge is -2.00. The normalized spacial score (nSPS) is 11.0. The smallest absolute Gasteiger partial charge is 0.349 e. The average Bonchev–Trinajstić information content (AvgIpc) is 2.96. The minimum absolute atomic E-state index is 0.00887. The number of aromatic nitrogens is 1. The number of aryl methyl sites for hydroxylation is 1. The lowest BCUT2D eigenvalue weighted by molar-refractivity contribution is 0.438. The Morgan fingerprint density at radius 1 is 1.29 bits per heavy atom. The molecule has 7 nitrogen and oxygen atoms in total. The molecule has 0 saturated carbocycles. The third-order valence-corrected chi connectivity index (χ3v) is 3.86. The molecular weight excluding hydrogens is 330 g/mol. The third-order valence-electron chi connectivity index (χ3n) is 3.11. The van der Waals surface area contributed by atoms with E-state index in [1.54, 1.807) is 36.6 Å². The molecule has 1 aromatic carbocycles. The fourth-order valence-corrected chi connectivity index (χ4v) is 2.68. The standard InChI is InChI=1S/C16H13N3O4S/c1-9-6-13(21)14(15(22)23-9)11-8-24-16(18-11)19-17-7-10-4-2-3-5-12(10)20/h2-8,20-21H,1H3,(H,18,19)/b17-7-. The second-order valence-corrected chi connectivity index (χ2v) is 5.73. The van der Waals surface area contributed by atoms with E-state index in [9.17, 15) is 15.0 Å². The van der Waals surface area contributed by atoms with Gasteiger partial charge in [-0.25, -0.2) is 9.78 Å². The minimum Gasteiger partial charge on any atom is -0.507 e. The molecule has 2 heterocycles. The first-order valence-electron chi connectivity index (χ1n) is 6.91. The maximum Gasteiger partial charge on any atom is 0.349 e. The van der Waals surface area contributed by atoms with Gasteiger partial charge in [0.15, 0.2) is 0 Å². The maximum absolute atomic E-state index is 11.9. The van der Waals surface area contributed by atoms with Gasteiger partial charge in [-0.3, -0.25) is 5.43 Å². The quantitative estimate of drug-likeness (QED) is 0.496. The van der Waals surface area contributed by atoms with Crippen LogP contribution in [0, 0.1) is 6.92 Å². The molecule has 122 valence electrons. The van der Waals surface area contributed by atoms with Crippen molar-refractivity contribution in [1.29, 1.82) is 0 Å². The summed E-state index contributed by atoms with van der Waals surface area (Å²) in [5.41, 5.74) is 2.92. The molecule has 3 aromatic rings. The summed E-state index contributed by atoms with van der Waals surface area (Å²) in [7, 11) is 0. The van der Waals surface area contributed by atoms with Crippen LogP contribution in [0.1, 0.15) is 11.3 Å². The van der Waals surface area contributed by atoms with Crippen LogP contribution in [0.2, 0.25) is 0 Å². The number of anilines is 1. The number of hydrogen-bond donors (Lipinski definition) is 3. The van der Waals surface area contributed by atoms with Crippen LogP contribution in [0.25, 0.3) is 11.3 Å². The number of phenolic OH excluding ortho intramolecular Hbond substituents is 1. The maximum atomic E-state index is 11.9. The van der Waals surface area contributed by atoms with Gasteiger partial charge in [-0.15, -0.1) is 11.3 Å². The minimum atomic E-state index is -0.651. The van der Waals surface area contributed by atoms with Gasteiger partial charge in [0.2, 0.25) is 5.13 Å². The van der Waals surface area contributed by atoms with Crippen LogP contribution >= 0.6 is 11.3 Å². The summed E-state index contributed by atoms with van der Waals surface area (Å²) < 4.78 is 4.98. The van der Waals surface area contributed by atoms with E-state index in [1.807, 2.05) is 0 Å². The Morgan fingerprint density at radius 2 is 2.08 bits per heavy atom. The van der Waals surface area contributed by atoms with Crippen molar-refractivity contribution in [3.05, 3.63) is 57.5 Å². The van der Waals surface area contributed by atoms with Gasteiger partial charge in [-0.2, -0.15) is 5.10 Å². The number of phenols is 1. The van der Waals surface area contributed by atoms with Crippen molar-refractivity contribution in [3.63, 3.8) is 0 Å². The summed E-state index contributed by atoms with van der Waals surface area (Å²) in [5, 5.41) is 25.6. The van der Waals surface area contributed by atoms with Crippen molar-refractivity contribution in [3.8, 4) is 22.8 Å². The number of thiazole rings is 1. The van der Waals surface area contributed by atoms with E-state index < -0.39 is 5.63 Å². The summed E-state index contributed by atoms with van der Waals surface area (Å²) in [6.07, 6.45) is 1.45. The average molecular weight is 343 g/mol. The molecule has 0 aliphatic rings. The Balaban J connectivity index is 1.80. The first-order chi connectivity index (χ1) is 11.5. The van der Waals surface area contributed by atoms with E-state index in [2.05, 4.69) is 15.5 Å². The van der Waals surface area contributed by atoms with E-state index in [1.165, 1.54) is 23.6 Å². The second kappa shape index (κ2) is 6.55. The van der Waals surface area contributed by atoms with Crippen LogP contribution in [0.4, 0.5) is 5.13 Å². The van der Waals surface area contributed by atoms with E-state index in [0.717, 1.165) is 0 Å². The molecule has 0 fully saturated rings. The first kappa shape index (κ1) is 15.8. The zero-order chi connectivity index (χ0) is 17.1. The van der Waals surface area contributed by atoms with Gasteiger partial charge >= 0.3 is 5.63 Å². The Labute approximate surface area is 140 Å². The molecule has 0 amide bonds. The van der Waals surface area contributed by atoms with Crippen LogP contribution in [-0.4, -0.2) is 21.4 Å². The molecule has 0 radical (unpaired) electrons. The zero-order valence-electron chi connectivity index (χ0n) is 12.6. The highest BCUT2D eigenvalue weighted by Gasteiger charge is 2.15. The topological polar surface area (TPSA) is 108 Å². The Morgan fingerprint density at radius 3 is 2.83 bits per heavy atom. The lowest BCUT2D eigenvalue weighted by Crippen LogP contribution is -2.04. The fourth-order valence-electron chi connectivity index (χ4n) is 2.03. The Hall–Kier alpha value is -3.13. The highest BCUT2D eigenvalue weighted by Crippen LogP contribution is 2.29. The number of hydrogen-bond acceptors (Lipinski definition) is 8. The summed E-state index contributed by atoms with van der Waals surface area (Å²) >= 11 is 1.22. The molecule has 0 saturated heterocycles. The molecule has 0 atom stereocenters. The molecule has 0 unspecified atom stereocenters. The molecule has 3 rings (SSSR count). The number of aromatic hydroxyl groups is 2. The molecule has 2 aromatic heterocycles. The predicted octanol–water partition coefficient (Wildman–Crippen LogP) is 2.93. The number of rotatable bonds is 4. The van der Waals surface area contributed by atoms with Crippen molar-refractivity contribution >= 4 is 22.7 Å². The van der Waals surface area contributed by atoms with Gasteiger partial charge in [-0.1, -0.05) is 12.1 Å². The molecule has 0 aliphatic carbocycles. The van der Waals surface area contributed by atoms with Crippen LogP contribution in [0.15, 0.2) is 50.0 Å². The number of benzene rings is 1. The van der Waals surface area contributed by atoms with Gasteiger partial charge in [0.05, 0.1) is 11.9 Å². The van der Waals surface area contributed by atoms with Crippen molar-refractivity contribution in [2.24, 2.45) is 5.10 Å². The second-order valence-electron chi connectivity index (χ2n) is 4.87. The third kappa shape index (κ3) is 3.28. The van der Waals surface area contributed by atoms with Gasteiger partial charge in [-0.05, 0) is 19.1 Å². The molecule has 0 aliphatic heterocycles. The highest BCUT2D eigenvalue weighted by atomic mass is 32.1. The van der Waals surface area contributed by atoms with E-state index >= 15 is 0 Å². The SMILES string of the molecule is Cc1cc(O)c(-c2csc(N/N=C\c3ccccc3O)n2)c(=O)o1. The number of nitrogens with one attached hydrogen (secondary N) is 1. The number of para-hydroxylation sites is 1. The largest absolute Gasteiger partial charge is 0.507 e. The Kier molecular flexibility index (Phi) is 4.30. The highest BCUT2D eigenvalue weighted by molar-refractivity contribution is 7.14. The molecule has 0 bridgehead atoms. The summed E-state index contributed by atoms with van der Waals surface area (Å²) in [6, 6.07) is 8.12. The molecular formula is C16H13N3O4S. The summed E-state index contributed by atoms with van der Waals surface area (Å²) in [6.45, 7) is 1.58. The van der Waals surface area contributed by atoms with Crippen molar-refractivity contribution < 1.29 is 14.6 Å². The first-order valence-corrected chi connectivity index (χ1v) is 7.79. The van der Waals surface area contributed by atoms with Gasteiger partial charge in [0.1, 0.15) is 22.8 Å². The van der Waals surface area contributed by atoms with Gasteiger partial charge < -0.3 is 14.6 Å². The van der Waals surface area contributed by atoms with Crippen LogP contribution in [0.3, 0.4) is 0 Å². The van der Waals surface area contributed by atoms with Crippen molar-refractivity contribution in [2.75, 3.05) is 5.43 Å². The molecule has 3 N–H and O–H groups in total. The van der Waals surface area contributed by atoms with E-state index in [4.69, 9.17) is 4.42 Å². The number of hydrazone groups is 1. The molecule has 8 heteroatoms. The van der Waals surface area contributed by atoms with Crippen LogP contribution in [0.5, 0.6) is 11.5 Å². The van der Waals surface area contributed by atoms with Crippen LogP contribution in [-0.2, 0) is 0 Å². The van der Waals surface area contributed by atoms with Crippen molar-refractivity contribution in [2.45, 2.75) is 6.92 Å². The summed E-state index contributed by atoms with van der Waals surface area (Å²) in [4.78, 5) is 16.1. The van der Waals surface area contributed by atoms with E-state index in [0.29, 0.717) is 22.1 Å². The lowest BCUT2D eigenvalue weighted by atomic mass is 10.2. The molecule has 24 heavy (non-hydrogen) atoms.